The van der Waals surface area contributed by atoms with Crippen molar-refractivity contribution in [1.82, 2.24) is 9.80 Å². The first kappa shape index (κ1) is 11.6. The van der Waals surface area contributed by atoms with Crippen LogP contribution in [0.3, 0.4) is 0 Å². The molecule has 0 atom stereocenters. The van der Waals surface area contributed by atoms with E-state index in [0.717, 1.165) is 0 Å². The fourth-order valence-corrected chi connectivity index (χ4v) is 1.05. The molecule has 1 aliphatic heterocycles. The van der Waals surface area contributed by atoms with Crippen molar-refractivity contribution in [3.05, 3.63) is 6.92 Å². The summed E-state index contributed by atoms with van der Waals surface area (Å²) in [7, 11) is 1.61. The van der Waals surface area contributed by atoms with Crippen molar-refractivity contribution in [2.75, 3.05) is 20.1 Å². The second kappa shape index (κ2) is 4.60. The molecule has 1 aliphatic rings. The smallest absolute Gasteiger partial charge is 0.326 e. The van der Waals surface area contributed by atoms with Gasteiger partial charge in [-0.2, -0.15) is 6.42 Å². The monoisotopic (exact) mass is 339 g/mol. The molecule has 0 unspecified atom stereocenters. The number of carbonyl (C=O) groups excluding carboxylic acids is 2. The Morgan fingerprint density at radius 3 is 2.42 bits per heavy atom. The number of nitrogens with zero attached hydrogens (tertiary/aromatic N) is 2. The molecule has 3 amide bonds. The summed E-state index contributed by atoms with van der Waals surface area (Å²) in [6.07, 6.45) is 0.575. The molecule has 68 valence electrons. The van der Waals surface area contributed by atoms with E-state index < -0.39 is 0 Å². The van der Waals surface area contributed by atoms with Crippen LogP contribution in [0, 0.1) is 6.92 Å². The number of hydrogen-bond acceptors (Lipinski definition) is 2. The van der Waals surface area contributed by atoms with Crippen molar-refractivity contribution in [2.45, 2.75) is 6.42 Å². The van der Waals surface area contributed by atoms with Crippen LogP contribution >= 0.6 is 0 Å². The van der Waals surface area contributed by atoms with Gasteiger partial charge in [0.2, 0.25) is 5.91 Å². The fraction of sp³-hybridized carbons (Fsp3) is 0.571. The zero-order valence-electron chi connectivity index (χ0n) is 6.95. The molecule has 0 radical (unpaired) electrons. The van der Waals surface area contributed by atoms with E-state index >= 15 is 0 Å². The van der Waals surface area contributed by atoms with E-state index in [1.165, 1.54) is 9.80 Å². The van der Waals surface area contributed by atoms with E-state index in [1.807, 2.05) is 0 Å². The maximum atomic E-state index is 11.1. The van der Waals surface area contributed by atoms with Crippen molar-refractivity contribution in [1.29, 1.82) is 0 Å². The van der Waals surface area contributed by atoms with Gasteiger partial charge >= 0.3 is 6.03 Å². The second-order valence-electron chi connectivity index (χ2n) is 2.54. The minimum absolute atomic E-state index is 0. The Morgan fingerprint density at radius 2 is 2.08 bits per heavy atom. The number of imide groups is 1. The first-order valence-electron chi connectivity index (χ1n) is 3.51. The van der Waals surface area contributed by atoms with Crippen LogP contribution in [0.2, 0.25) is 0 Å². The molecule has 0 aromatic heterocycles. The summed E-state index contributed by atoms with van der Waals surface area (Å²) >= 11 is 0. The average molecular weight is 339 g/mol. The molecule has 1 fully saturated rings. The number of urea groups is 1. The number of rotatable bonds is 2. The number of hydrogen-bond donors (Lipinski definition) is 0. The standard InChI is InChI=1S/C7H11N2O2.W/c1-3-4-9-6(10)5-8(2)7(9)11;/h1,3-5H2,2H3;/q-1;. The Kier molecular flexibility index (Phi) is 4.46. The van der Waals surface area contributed by atoms with Crippen LogP contribution < -0.4 is 0 Å². The topological polar surface area (TPSA) is 40.6 Å². The zero-order chi connectivity index (χ0) is 8.43. The van der Waals surface area contributed by atoms with Crippen LogP contribution in [0.4, 0.5) is 4.79 Å². The first-order valence-corrected chi connectivity index (χ1v) is 3.51. The molecule has 0 aromatic carbocycles. The summed E-state index contributed by atoms with van der Waals surface area (Å²) < 4.78 is 0. The molecule has 0 aliphatic carbocycles. The molecule has 1 saturated heterocycles. The molecule has 0 bridgehead atoms. The van der Waals surface area contributed by atoms with Gasteiger partial charge in [-0.3, -0.25) is 9.69 Å². The minimum Gasteiger partial charge on any atom is -0.342 e. The van der Waals surface area contributed by atoms with Crippen molar-refractivity contribution >= 4 is 11.9 Å². The first-order chi connectivity index (χ1) is 5.16. The Labute approximate surface area is 86.2 Å². The van der Waals surface area contributed by atoms with Gasteiger partial charge in [0.1, 0.15) is 6.54 Å². The van der Waals surface area contributed by atoms with Gasteiger partial charge in [0.25, 0.3) is 0 Å². The van der Waals surface area contributed by atoms with Gasteiger partial charge in [-0.15, -0.1) is 0 Å². The summed E-state index contributed by atoms with van der Waals surface area (Å²) in [6, 6.07) is -0.210. The molecule has 1 heterocycles. The molecule has 4 nitrogen and oxygen atoms in total. The van der Waals surface area contributed by atoms with Crippen molar-refractivity contribution in [3.63, 3.8) is 0 Å². The van der Waals surface area contributed by atoms with Crippen molar-refractivity contribution in [3.8, 4) is 0 Å². The van der Waals surface area contributed by atoms with Crippen molar-refractivity contribution < 1.29 is 30.7 Å². The number of carbonyl (C=O) groups is 2. The van der Waals surface area contributed by atoms with Crippen LogP contribution in [0.25, 0.3) is 0 Å². The predicted octanol–water partition coefficient (Wildman–Crippen LogP) is 0.102. The van der Waals surface area contributed by atoms with Crippen LogP contribution in [0.5, 0.6) is 0 Å². The zero-order valence-corrected chi connectivity index (χ0v) is 9.88. The van der Waals surface area contributed by atoms with E-state index in [-0.39, 0.29) is 39.5 Å². The summed E-state index contributed by atoms with van der Waals surface area (Å²) in [5.41, 5.74) is 0. The van der Waals surface area contributed by atoms with Gasteiger partial charge in [0.05, 0.1) is 0 Å². The molecule has 1 rings (SSSR count). The maximum Gasteiger partial charge on any atom is 0.326 e. The van der Waals surface area contributed by atoms with Gasteiger partial charge in [-0.05, 0) is 0 Å². The van der Waals surface area contributed by atoms with Gasteiger partial charge in [0.15, 0.2) is 0 Å². The third-order valence-corrected chi connectivity index (χ3v) is 1.61. The van der Waals surface area contributed by atoms with Gasteiger partial charge in [0, 0.05) is 34.7 Å². The quantitative estimate of drug-likeness (QED) is 0.529. The van der Waals surface area contributed by atoms with E-state index in [2.05, 4.69) is 6.92 Å². The van der Waals surface area contributed by atoms with Gasteiger partial charge < -0.3 is 11.8 Å². The molecular formula is C7H11N2O2W-. The van der Waals surface area contributed by atoms with Crippen LogP contribution in [-0.2, 0) is 25.9 Å². The summed E-state index contributed by atoms with van der Waals surface area (Å²) in [5.74, 6) is -0.124. The Bertz CT molecular complexity index is 196. The Balaban J connectivity index is 0.00000121. The summed E-state index contributed by atoms with van der Waals surface area (Å²) in [5, 5.41) is 0. The van der Waals surface area contributed by atoms with E-state index in [0.29, 0.717) is 13.0 Å². The summed E-state index contributed by atoms with van der Waals surface area (Å²) in [6.45, 7) is 4.22. The molecule has 0 spiro atoms. The molecule has 0 aromatic rings. The average Bonchev–Trinajstić information content (AvgIpc) is 2.17. The maximum absolute atomic E-state index is 11.1. The molecule has 5 heteroatoms. The summed E-state index contributed by atoms with van der Waals surface area (Å²) in [4.78, 5) is 24.8. The third-order valence-electron chi connectivity index (χ3n) is 1.61. The third kappa shape index (κ3) is 2.07. The SMILES string of the molecule is [CH2-]CCN1C(=O)CN(C)C1=O.[W]. The predicted molar refractivity (Wildman–Crippen MR) is 39.7 cm³/mol. The van der Waals surface area contributed by atoms with Gasteiger partial charge in [-0.1, -0.05) is 0 Å². The Hall–Kier alpha value is -0.372. The van der Waals surface area contributed by atoms with Crippen LogP contribution in [0.1, 0.15) is 6.42 Å². The minimum atomic E-state index is -0.210. The molecule has 0 N–H and O–H groups in total. The number of amides is 3. The second-order valence-corrected chi connectivity index (χ2v) is 2.54. The molecule has 0 saturated carbocycles. The van der Waals surface area contributed by atoms with E-state index in [9.17, 15) is 9.59 Å². The normalized spacial score (nSPS) is 16.8. The van der Waals surface area contributed by atoms with Crippen LogP contribution in [0.15, 0.2) is 0 Å². The van der Waals surface area contributed by atoms with Crippen LogP contribution in [-0.4, -0.2) is 41.9 Å². The molecular weight excluding hydrogens is 328 g/mol. The molecule has 12 heavy (non-hydrogen) atoms. The fourth-order valence-electron chi connectivity index (χ4n) is 1.05. The van der Waals surface area contributed by atoms with Gasteiger partial charge in [-0.25, -0.2) is 4.79 Å². The Morgan fingerprint density at radius 1 is 1.50 bits per heavy atom. The largest absolute Gasteiger partial charge is 0.342 e. The van der Waals surface area contributed by atoms with E-state index in [1.54, 1.807) is 7.05 Å². The van der Waals surface area contributed by atoms with E-state index in [4.69, 9.17) is 0 Å². The van der Waals surface area contributed by atoms with Crippen molar-refractivity contribution in [2.24, 2.45) is 0 Å². The number of likely N-dealkylation sites (N-methyl/N-ethyl adjacent to an activating group) is 1.